The minimum atomic E-state index is -3.52. The number of carbonyl (C=O) groups is 1. The van der Waals surface area contributed by atoms with E-state index in [1.54, 1.807) is 4.90 Å². The van der Waals surface area contributed by atoms with Crippen molar-refractivity contribution >= 4 is 27.3 Å². The highest BCUT2D eigenvalue weighted by Crippen LogP contribution is 2.45. The molecular formula is C18H24FN3O4S. The number of piperidine rings is 1. The summed E-state index contributed by atoms with van der Waals surface area (Å²) in [6, 6.07) is 3.79. The van der Waals surface area contributed by atoms with Crippen molar-refractivity contribution < 1.29 is 22.4 Å². The summed E-state index contributed by atoms with van der Waals surface area (Å²) >= 11 is 0. The van der Waals surface area contributed by atoms with E-state index >= 15 is 0 Å². The number of anilines is 1. The molecule has 7 nitrogen and oxygen atoms in total. The average Bonchev–Trinajstić information content (AvgIpc) is 3.05. The van der Waals surface area contributed by atoms with Gasteiger partial charge in [0.05, 0.1) is 11.9 Å². The van der Waals surface area contributed by atoms with Gasteiger partial charge in [0.15, 0.2) is 5.71 Å². The molecule has 1 spiro atoms. The van der Waals surface area contributed by atoms with Crippen LogP contribution in [0.5, 0.6) is 0 Å². The van der Waals surface area contributed by atoms with E-state index in [4.69, 9.17) is 4.84 Å². The summed E-state index contributed by atoms with van der Waals surface area (Å²) in [5, 5.41) is 4.03. The Bertz CT molecular complexity index is 863. The number of rotatable bonds is 5. The summed E-state index contributed by atoms with van der Waals surface area (Å²) in [4.78, 5) is 19.6. The number of halogens is 1. The fraction of sp³-hybridized carbons (Fsp3) is 0.556. The number of nitrogens with zero attached hydrogens (tertiary/aromatic N) is 2. The minimum Gasteiger partial charge on any atom is -0.399 e. The predicted molar refractivity (Wildman–Crippen MR) is 100 cm³/mol. The zero-order valence-corrected chi connectivity index (χ0v) is 16.3. The van der Waals surface area contributed by atoms with Gasteiger partial charge >= 0.3 is 0 Å². The Morgan fingerprint density at radius 3 is 2.63 bits per heavy atom. The van der Waals surface area contributed by atoms with E-state index in [0.29, 0.717) is 17.8 Å². The molecule has 0 aromatic heterocycles. The van der Waals surface area contributed by atoms with Crippen LogP contribution >= 0.6 is 0 Å². The summed E-state index contributed by atoms with van der Waals surface area (Å²) in [5.74, 6) is -0.730. The van der Waals surface area contributed by atoms with Gasteiger partial charge in [0.2, 0.25) is 10.0 Å². The first kappa shape index (κ1) is 19.6. The molecule has 1 heterocycles. The van der Waals surface area contributed by atoms with Crippen LogP contribution in [0.2, 0.25) is 0 Å². The first-order valence-corrected chi connectivity index (χ1v) is 10.8. The summed E-state index contributed by atoms with van der Waals surface area (Å²) in [6.07, 6.45) is 5.74. The van der Waals surface area contributed by atoms with Gasteiger partial charge in [-0.3, -0.25) is 9.52 Å². The Labute approximate surface area is 158 Å². The second-order valence-corrected chi connectivity index (χ2v) is 9.01. The second kappa shape index (κ2) is 7.46. The van der Waals surface area contributed by atoms with Crippen LogP contribution in [0.3, 0.4) is 0 Å². The lowest BCUT2D eigenvalue weighted by atomic mass is 9.75. The zero-order chi connectivity index (χ0) is 19.7. The van der Waals surface area contributed by atoms with Crippen LogP contribution in [0.15, 0.2) is 23.4 Å². The van der Waals surface area contributed by atoms with E-state index in [0.717, 1.165) is 38.4 Å². The standard InChI is InChI=1S/C18H24FN3O4S/c1-26-20-16-17(23)22(10-9-18(16)7-3-4-8-18)12-13-11-14(19)5-6-15(13)21-27(2,24)25/h5-6,11,21H,3-4,7-10,12H2,1-2H3. The molecule has 0 atom stereocenters. The fourth-order valence-electron chi connectivity index (χ4n) is 4.06. The fourth-order valence-corrected chi connectivity index (χ4v) is 4.66. The van der Waals surface area contributed by atoms with E-state index in [1.165, 1.54) is 25.3 Å². The topological polar surface area (TPSA) is 88.1 Å². The molecule has 1 saturated heterocycles. The van der Waals surface area contributed by atoms with E-state index in [1.807, 2.05) is 0 Å². The highest BCUT2D eigenvalue weighted by atomic mass is 32.2. The van der Waals surface area contributed by atoms with E-state index in [9.17, 15) is 17.6 Å². The Kier molecular flexibility index (Phi) is 5.41. The maximum absolute atomic E-state index is 13.7. The number of benzene rings is 1. The van der Waals surface area contributed by atoms with Gasteiger partial charge in [-0.1, -0.05) is 18.0 Å². The first-order chi connectivity index (χ1) is 12.7. The van der Waals surface area contributed by atoms with E-state index < -0.39 is 15.8 Å². The van der Waals surface area contributed by atoms with Gasteiger partial charge in [-0.25, -0.2) is 12.8 Å². The molecule has 1 aromatic rings. The third-order valence-corrected chi connectivity index (χ3v) is 5.91. The predicted octanol–water partition coefficient (Wildman–Crippen LogP) is 2.49. The lowest BCUT2D eigenvalue weighted by Crippen LogP contribution is -2.51. The van der Waals surface area contributed by atoms with Gasteiger partial charge in [0, 0.05) is 18.5 Å². The SMILES string of the molecule is CON=C1C(=O)N(Cc2cc(F)ccc2NS(C)(=O)=O)CCC12CCCC2. The summed E-state index contributed by atoms with van der Waals surface area (Å²) < 4.78 is 39.3. The lowest BCUT2D eigenvalue weighted by molar-refractivity contribution is -0.127. The van der Waals surface area contributed by atoms with Crippen molar-refractivity contribution in [3.63, 3.8) is 0 Å². The van der Waals surface area contributed by atoms with Gasteiger partial charge in [0.25, 0.3) is 5.91 Å². The Morgan fingerprint density at radius 2 is 2.00 bits per heavy atom. The quantitative estimate of drug-likeness (QED) is 0.773. The van der Waals surface area contributed by atoms with Crippen molar-refractivity contribution in [1.82, 2.24) is 4.90 Å². The van der Waals surface area contributed by atoms with Crippen LogP contribution in [0.4, 0.5) is 10.1 Å². The molecule has 2 aliphatic rings. The van der Waals surface area contributed by atoms with E-state index in [-0.39, 0.29) is 23.6 Å². The van der Waals surface area contributed by atoms with Crippen molar-refractivity contribution in [3.05, 3.63) is 29.6 Å². The highest BCUT2D eigenvalue weighted by Gasteiger charge is 2.47. The zero-order valence-electron chi connectivity index (χ0n) is 15.5. The molecular weight excluding hydrogens is 373 g/mol. The number of likely N-dealkylation sites (tertiary alicyclic amines) is 1. The number of hydrogen-bond acceptors (Lipinski definition) is 5. The van der Waals surface area contributed by atoms with Crippen molar-refractivity contribution in [3.8, 4) is 0 Å². The highest BCUT2D eigenvalue weighted by molar-refractivity contribution is 7.92. The monoisotopic (exact) mass is 397 g/mol. The van der Waals surface area contributed by atoms with Crippen LogP contribution in [0, 0.1) is 11.2 Å². The van der Waals surface area contributed by atoms with Crippen molar-refractivity contribution in [2.24, 2.45) is 10.6 Å². The van der Waals surface area contributed by atoms with Gasteiger partial charge in [0.1, 0.15) is 12.9 Å². The molecule has 0 bridgehead atoms. The summed E-state index contributed by atoms with van der Waals surface area (Å²) in [6.45, 7) is 0.601. The number of hydrogen-bond donors (Lipinski definition) is 1. The number of carbonyl (C=O) groups excluding carboxylic acids is 1. The molecule has 9 heteroatoms. The lowest BCUT2D eigenvalue weighted by Gasteiger charge is -2.39. The number of oxime groups is 1. The smallest absolute Gasteiger partial charge is 0.272 e. The van der Waals surface area contributed by atoms with Crippen LogP contribution in [0.25, 0.3) is 0 Å². The van der Waals surface area contributed by atoms with Crippen molar-refractivity contribution in [2.75, 3.05) is 24.6 Å². The average molecular weight is 397 g/mol. The Morgan fingerprint density at radius 1 is 1.30 bits per heavy atom. The molecule has 1 saturated carbocycles. The molecule has 2 fully saturated rings. The molecule has 1 amide bonds. The number of amides is 1. The Hall–Kier alpha value is -2.16. The van der Waals surface area contributed by atoms with Gasteiger partial charge in [-0.2, -0.15) is 0 Å². The minimum absolute atomic E-state index is 0.0905. The third kappa shape index (κ3) is 4.23. The summed E-state index contributed by atoms with van der Waals surface area (Å²) in [7, 11) is -2.10. The molecule has 27 heavy (non-hydrogen) atoms. The molecule has 1 aromatic carbocycles. The molecule has 1 N–H and O–H groups in total. The maximum atomic E-state index is 13.7. The van der Waals surface area contributed by atoms with Crippen molar-refractivity contribution in [1.29, 1.82) is 0 Å². The molecule has 0 unspecified atom stereocenters. The molecule has 148 valence electrons. The van der Waals surface area contributed by atoms with Gasteiger partial charge in [-0.15, -0.1) is 0 Å². The maximum Gasteiger partial charge on any atom is 0.272 e. The summed E-state index contributed by atoms with van der Waals surface area (Å²) in [5.41, 5.74) is 0.841. The second-order valence-electron chi connectivity index (χ2n) is 7.26. The normalized spacial score (nSPS) is 21.1. The molecule has 1 aliphatic carbocycles. The van der Waals surface area contributed by atoms with Crippen molar-refractivity contribution in [2.45, 2.75) is 38.6 Å². The number of sulfonamides is 1. The largest absolute Gasteiger partial charge is 0.399 e. The Balaban J connectivity index is 1.87. The van der Waals surface area contributed by atoms with Crippen LogP contribution in [0.1, 0.15) is 37.7 Å². The molecule has 3 rings (SSSR count). The molecule has 1 aliphatic heterocycles. The molecule has 0 radical (unpaired) electrons. The van der Waals surface area contributed by atoms with Crippen LogP contribution in [-0.2, 0) is 26.2 Å². The first-order valence-electron chi connectivity index (χ1n) is 8.91. The van der Waals surface area contributed by atoms with Gasteiger partial charge in [-0.05, 0) is 43.0 Å². The van der Waals surface area contributed by atoms with Crippen LogP contribution in [-0.4, -0.2) is 44.8 Å². The third-order valence-electron chi connectivity index (χ3n) is 5.32. The van der Waals surface area contributed by atoms with Crippen LogP contribution < -0.4 is 4.72 Å². The number of nitrogens with one attached hydrogen (secondary N) is 1. The van der Waals surface area contributed by atoms with E-state index in [2.05, 4.69) is 9.88 Å². The van der Waals surface area contributed by atoms with Gasteiger partial charge < -0.3 is 9.74 Å².